The number of nitrogens with zero attached hydrogens (tertiary/aromatic N) is 2. The smallest absolute Gasteiger partial charge is 0.455 e. The summed E-state index contributed by atoms with van der Waals surface area (Å²) in [5, 5.41) is 20.4. The van der Waals surface area contributed by atoms with Gasteiger partial charge in [0, 0.05) is 39.4 Å². The molecule has 0 aliphatic rings. The van der Waals surface area contributed by atoms with Crippen molar-refractivity contribution in [1.29, 1.82) is 0 Å². The number of para-hydroxylation sites is 1. The van der Waals surface area contributed by atoms with Crippen LogP contribution >= 0.6 is 31.9 Å². The van der Waals surface area contributed by atoms with Crippen LogP contribution in [0, 0.1) is 13.8 Å². The number of fused-ring (bicyclic) bond motifs is 3. The zero-order valence-corrected chi connectivity index (χ0v) is 20.6. The van der Waals surface area contributed by atoms with Crippen molar-refractivity contribution in [3.05, 3.63) is 87.3 Å². The summed E-state index contributed by atoms with van der Waals surface area (Å²) in [7, 11) is -1.46. The highest BCUT2D eigenvalue weighted by molar-refractivity contribution is 9.11. The normalized spacial score (nSPS) is 10.8. The predicted molar refractivity (Wildman–Crippen MR) is 136 cm³/mol. The van der Waals surface area contributed by atoms with Gasteiger partial charge in [-0.2, -0.15) is 0 Å². The number of halogens is 2. The maximum Gasteiger partial charge on any atom is 0.488 e. The van der Waals surface area contributed by atoms with E-state index in [0.717, 1.165) is 42.1 Å². The molecular formula is C24H19BBr2N2O3. The number of rotatable bonds is 2. The van der Waals surface area contributed by atoms with E-state index in [1.807, 2.05) is 43.3 Å². The highest BCUT2D eigenvalue weighted by Gasteiger charge is 2.14. The van der Waals surface area contributed by atoms with Crippen LogP contribution < -0.4 is 5.46 Å². The van der Waals surface area contributed by atoms with E-state index in [0.29, 0.717) is 5.46 Å². The van der Waals surface area contributed by atoms with Crippen molar-refractivity contribution in [2.75, 3.05) is 0 Å². The van der Waals surface area contributed by atoms with Crippen LogP contribution in [-0.4, -0.2) is 27.1 Å². The Hall–Kier alpha value is -2.52. The SMILES string of the molecule is Cc1c(Br)cnc(Br)c1C.OB(O)c1ccc(-c2cccc3c2oc2ccncc23)cc1. The lowest BCUT2D eigenvalue weighted by atomic mass is 9.80. The van der Waals surface area contributed by atoms with Crippen LogP contribution in [0.5, 0.6) is 0 Å². The van der Waals surface area contributed by atoms with Crippen molar-refractivity contribution in [3.63, 3.8) is 0 Å². The van der Waals surface area contributed by atoms with Crippen molar-refractivity contribution < 1.29 is 14.5 Å². The van der Waals surface area contributed by atoms with Crippen LogP contribution in [0.2, 0.25) is 0 Å². The average Bonchev–Trinajstić information content (AvgIpc) is 3.20. The number of hydrogen-bond donors (Lipinski definition) is 2. The summed E-state index contributed by atoms with van der Waals surface area (Å²) in [6, 6.07) is 14.9. The van der Waals surface area contributed by atoms with Crippen molar-refractivity contribution in [3.8, 4) is 11.1 Å². The van der Waals surface area contributed by atoms with Gasteiger partial charge in [0.05, 0.1) is 0 Å². The molecule has 0 aliphatic heterocycles. The first-order valence-electron chi connectivity index (χ1n) is 9.85. The molecule has 0 radical (unpaired) electrons. The summed E-state index contributed by atoms with van der Waals surface area (Å²) in [6.07, 6.45) is 5.31. The Kier molecular flexibility index (Phi) is 6.76. The van der Waals surface area contributed by atoms with E-state index in [9.17, 15) is 10.0 Å². The van der Waals surface area contributed by atoms with Gasteiger partial charge in [0.25, 0.3) is 0 Å². The fraction of sp³-hybridized carbons (Fsp3) is 0.0833. The fourth-order valence-corrected chi connectivity index (χ4v) is 4.14. The minimum Gasteiger partial charge on any atom is -0.455 e. The Labute approximate surface area is 202 Å². The molecule has 0 atom stereocenters. The second-order valence-electron chi connectivity index (χ2n) is 7.30. The monoisotopic (exact) mass is 552 g/mol. The molecule has 0 bridgehead atoms. The van der Waals surface area contributed by atoms with Gasteiger partial charge in [0.15, 0.2) is 0 Å². The highest BCUT2D eigenvalue weighted by Crippen LogP contribution is 2.34. The van der Waals surface area contributed by atoms with Gasteiger partial charge in [-0.1, -0.05) is 42.5 Å². The lowest BCUT2D eigenvalue weighted by Crippen LogP contribution is -2.29. The van der Waals surface area contributed by atoms with Gasteiger partial charge in [0.1, 0.15) is 15.8 Å². The molecule has 5 nitrogen and oxygen atoms in total. The fourth-order valence-electron chi connectivity index (χ4n) is 3.34. The molecule has 0 aliphatic carbocycles. The third kappa shape index (κ3) is 4.50. The molecule has 0 saturated carbocycles. The molecule has 0 unspecified atom stereocenters. The van der Waals surface area contributed by atoms with Gasteiger partial charge >= 0.3 is 7.12 Å². The highest BCUT2D eigenvalue weighted by atomic mass is 79.9. The summed E-state index contributed by atoms with van der Waals surface area (Å²) in [5.41, 5.74) is 6.43. The summed E-state index contributed by atoms with van der Waals surface area (Å²) < 4.78 is 7.96. The topological polar surface area (TPSA) is 79.4 Å². The minimum absolute atomic E-state index is 0.463. The molecular weight excluding hydrogens is 535 g/mol. The summed E-state index contributed by atoms with van der Waals surface area (Å²) in [4.78, 5) is 8.26. The minimum atomic E-state index is -1.46. The summed E-state index contributed by atoms with van der Waals surface area (Å²) in [5.74, 6) is 0. The molecule has 0 spiro atoms. The van der Waals surface area contributed by atoms with E-state index < -0.39 is 7.12 Å². The third-order valence-electron chi connectivity index (χ3n) is 5.34. The lowest BCUT2D eigenvalue weighted by Gasteiger charge is -2.04. The van der Waals surface area contributed by atoms with Crippen molar-refractivity contribution in [1.82, 2.24) is 9.97 Å². The molecule has 32 heavy (non-hydrogen) atoms. The van der Waals surface area contributed by atoms with Gasteiger partial charge in [-0.15, -0.1) is 0 Å². The van der Waals surface area contributed by atoms with Crippen molar-refractivity contribution in [2.45, 2.75) is 13.8 Å². The molecule has 5 aromatic rings. The van der Waals surface area contributed by atoms with E-state index in [2.05, 4.69) is 48.8 Å². The molecule has 160 valence electrons. The first-order chi connectivity index (χ1) is 15.4. The molecule has 3 aromatic heterocycles. The molecule has 0 amide bonds. The van der Waals surface area contributed by atoms with E-state index in [1.54, 1.807) is 30.7 Å². The van der Waals surface area contributed by atoms with Crippen LogP contribution in [0.15, 0.2) is 80.6 Å². The van der Waals surface area contributed by atoms with Crippen LogP contribution in [0.3, 0.4) is 0 Å². The lowest BCUT2D eigenvalue weighted by molar-refractivity contribution is 0.426. The largest absolute Gasteiger partial charge is 0.488 e. The van der Waals surface area contributed by atoms with Crippen LogP contribution in [0.1, 0.15) is 11.1 Å². The first-order valence-corrected chi connectivity index (χ1v) is 11.4. The maximum atomic E-state index is 9.18. The van der Waals surface area contributed by atoms with E-state index >= 15 is 0 Å². The van der Waals surface area contributed by atoms with Gasteiger partial charge in [-0.05, 0) is 73.9 Å². The van der Waals surface area contributed by atoms with Gasteiger partial charge in [-0.3, -0.25) is 4.98 Å². The molecule has 5 rings (SSSR count). The number of furan rings is 1. The maximum absolute atomic E-state index is 9.18. The number of benzene rings is 2. The second kappa shape index (κ2) is 9.54. The standard InChI is InChI=1S/C17H12BNO3.C7H7Br2N/c20-18(21)12-6-4-11(5-7-12)13-2-1-3-14-15-10-19-9-8-16(15)22-17(13)14;1-4-5(2)7(9)10-3-6(4)8/h1-10,20-21H;3H,1-2H3. The van der Waals surface area contributed by atoms with E-state index in [-0.39, 0.29) is 0 Å². The quantitative estimate of drug-likeness (QED) is 0.221. The van der Waals surface area contributed by atoms with Crippen LogP contribution in [-0.2, 0) is 0 Å². The van der Waals surface area contributed by atoms with Crippen molar-refractivity contribution in [2.24, 2.45) is 0 Å². The molecule has 8 heteroatoms. The molecule has 3 heterocycles. The Bertz CT molecular complexity index is 1380. The van der Waals surface area contributed by atoms with E-state index in [4.69, 9.17) is 4.42 Å². The molecule has 0 saturated heterocycles. The zero-order valence-electron chi connectivity index (χ0n) is 17.4. The Morgan fingerprint density at radius 1 is 0.875 bits per heavy atom. The Morgan fingerprint density at radius 2 is 1.62 bits per heavy atom. The molecule has 2 aromatic carbocycles. The Balaban J connectivity index is 0.000000207. The predicted octanol–water partition coefficient (Wildman–Crippen LogP) is 5.55. The first kappa shape index (κ1) is 22.7. The van der Waals surface area contributed by atoms with Gasteiger partial charge in [0.2, 0.25) is 0 Å². The Morgan fingerprint density at radius 3 is 2.31 bits per heavy atom. The number of pyridine rings is 2. The summed E-state index contributed by atoms with van der Waals surface area (Å²) in [6.45, 7) is 4.10. The number of hydrogen-bond acceptors (Lipinski definition) is 5. The molecule has 0 fully saturated rings. The average molecular weight is 554 g/mol. The van der Waals surface area contributed by atoms with Crippen LogP contribution in [0.25, 0.3) is 33.1 Å². The molecule has 2 N–H and O–H groups in total. The number of aromatic nitrogens is 2. The second-order valence-corrected chi connectivity index (χ2v) is 8.90. The summed E-state index contributed by atoms with van der Waals surface area (Å²) >= 11 is 6.75. The zero-order chi connectivity index (χ0) is 22.8. The van der Waals surface area contributed by atoms with Gasteiger partial charge in [-0.25, -0.2) is 4.98 Å². The van der Waals surface area contributed by atoms with Gasteiger partial charge < -0.3 is 14.5 Å². The van der Waals surface area contributed by atoms with E-state index in [1.165, 1.54) is 11.1 Å². The van der Waals surface area contributed by atoms with Crippen molar-refractivity contribution >= 4 is 66.4 Å². The van der Waals surface area contributed by atoms with Crippen LogP contribution in [0.4, 0.5) is 0 Å². The third-order valence-corrected chi connectivity index (χ3v) is 6.94.